The molecule has 2 atom stereocenters. The van der Waals surface area contributed by atoms with Crippen molar-refractivity contribution in [3.63, 3.8) is 0 Å². The van der Waals surface area contributed by atoms with Crippen LogP contribution in [0.4, 0.5) is 0 Å². The van der Waals surface area contributed by atoms with Gasteiger partial charge in [-0.3, -0.25) is 4.79 Å². The number of amides is 1. The predicted molar refractivity (Wildman–Crippen MR) is 67.8 cm³/mol. The van der Waals surface area contributed by atoms with Crippen molar-refractivity contribution in [2.75, 3.05) is 6.61 Å². The Kier molecular flexibility index (Phi) is 4.97. The molecule has 3 N–H and O–H groups in total. The monoisotopic (exact) mass is 236 g/mol. The summed E-state index contributed by atoms with van der Waals surface area (Å²) < 4.78 is 5.41. The highest BCUT2D eigenvalue weighted by molar-refractivity contribution is 5.81. The Hall–Kier alpha value is -1.55. The molecular formula is C13H20N2O2. The molecule has 0 aliphatic heterocycles. The Morgan fingerprint density at radius 1 is 1.47 bits per heavy atom. The van der Waals surface area contributed by atoms with E-state index in [-0.39, 0.29) is 11.9 Å². The second-order valence-electron chi connectivity index (χ2n) is 4.02. The van der Waals surface area contributed by atoms with Crippen LogP contribution in [0.15, 0.2) is 24.3 Å². The molecule has 0 radical (unpaired) electrons. The third-order valence-corrected chi connectivity index (χ3v) is 2.44. The average Bonchev–Trinajstić information content (AvgIpc) is 2.29. The highest BCUT2D eigenvalue weighted by atomic mass is 16.5. The van der Waals surface area contributed by atoms with Gasteiger partial charge in [-0.25, -0.2) is 0 Å². The number of hydrogen-bond donors (Lipinski definition) is 2. The van der Waals surface area contributed by atoms with Gasteiger partial charge in [-0.2, -0.15) is 0 Å². The topological polar surface area (TPSA) is 64.3 Å². The molecule has 1 aromatic rings. The molecule has 0 unspecified atom stereocenters. The molecule has 1 rings (SSSR count). The predicted octanol–water partition coefficient (Wildman–Crippen LogP) is 1.61. The SMILES string of the molecule is CCOc1cccc([C@H](C)NC(=O)[C@H](C)N)c1. The first kappa shape index (κ1) is 13.5. The van der Waals surface area contributed by atoms with Gasteiger partial charge in [-0.05, 0) is 38.5 Å². The van der Waals surface area contributed by atoms with Crippen molar-refractivity contribution >= 4 is 5.91 Å². The Balaban J connectivity index is 2.71. The van der Waals surface area contributed by atoms with Crippen LogP contribution >= 0.6 is 0 Å². The van der Waals surface area contributed by atoms with E-state index in [0.717, 1.165) is 11.3 Å². The fourth-order valence-corrected chi connectivity index (χ4v) is 1.47. The van der Waals surface area contributed by atoms with Crippen LogP contribution in [0.5, 0.6) is 5.75 Å². The van der Waals surface area contributed by atoms with Gasteiger partial charge in [-0.1, -0.05) is 12.1 Å². The van der Waals surface area contributed by atoms with Crippen molar-refractivity contribution in [1.82, 2.24) is 5.32 Å². The normalized spacial score (nSPS) is 13.9. The van der Waals surface area contributed by atoms with Crippen LogP contribution in [0, 0.1) is 0 Å². The molecule has 0 saturated carbocycles. The molecule has 0 aromatic heterocycles. The summed E-state index contributed by atoms with van der Waals surface area (Å²) in [4.78, 5) is 11.5. The van der Waals surface area contributed by atoms with Crippen LogP contribution in [0.25, 0.3) is 0 Å². The summed E-state index contributed by atoms with van der Waals surface area (Å²) in [5.74, 6) is 0.659. The zero-order valence-corrected chi connectivity index (χ0v) is 10.6. The summed E-state index contributed by atoms with van der Waals surface area (Å²) >= 11 is 0. The summed E-state index contributed by atoms with van der Waals surface area (Å²) in [6.07, 6.45) is 0. The second kappa shape index (κ2) is 6.25. The number of nitrogens with one attached hydrogen (secondary N) is 1. The van der Waals surface area contributed by atoms with Crippen molar-refractivity contribution < 1.29 is 9.53 Å². The van der Waals surface area contributed by atoms with E-state index in [9.17, 15) is 4.79 Å². The van der Waals surface area contributed by atoms with E-state index >= 15 is 0 Å². The molecule has 0 heterocycles. The van der Waals surface area contributed by atoms with Gasteiger partial charge in [0.1, 0.15) is 5.75 Å². The summed E-state index contributed by atoms with van der Waals surface area (Å²) in [5.41, 5.74) is 6.51. The minimum Gasteiger partial charge on any atom is -0.494 e. The molecule has 0 aliphatic rings. The van der Waals surface area contributed by atoms with Crippen LogP contribution in [-0.4, -0.2) is 18.6 Å². The largest absolute Gasteiger partial charge is 0.494 e. The van der Waals surface area contributed by atoms with E-state index in [4.69, 9.17) is 10.5 Å². The van der Waals surface area contributed by atoms with E-state index < -0.39 is 6.04 Å². The van der Waals surface area contributed by atoms with Gasteiger partial charge in [0.2, 0.25) is 5.91 Å². The molecule has 0 aliphatic carbocycles. The fraction of sp³-hybridized carbons (Fsp3) is 0.462. The van der Waals surface area contributed by atoms with Crippen LogP contribution < -0.4 is 15.8 Å². The molecule has 4 nitrogen and oxygen atoms in total. The first-order valence-corrected chi connectivity index (χ1v) is 5.83. The first-order chi connectivity index (χ1) is 8.04. The van der Waals surface area contributed by atoms with Crippen LogP contribution in [0.1, 0.15) is 32.4 Å². The maximum atomic E-state index is 11.5. The van der Waals surface area contributed by atoms with Gasteiger partial charge in [0.05, 0.1) is 18.7 Å². The average molecular weight is 236 g/mol. The number of ether oxygens (including phenoxy) is 1. The lowest BCUT2D eigenvalue weighted by molar-refractivity contribution is -0.122. The zero-order valence-electron chi connectivity index (χ0n) is 10.6. The molecule has 0 saturated heterocycles. The minimum atomic E-state index is -0.493. The van der Waals surface area contributed by atoms with E-state index in [0.29, 0.717) is 6.61 Å². The van der Waals surface area contributed by atoms with Crippen molar-refractivity contribution in [3.8, 4) is 5.75 Å². The van der Waals surface area contributed by atoms with E-state index in [2.05, 4.69) is 5.32 Å². The Morgan fingerprint density at radius 3 is 2.76 bits per heavy atom. The molecule has 0 spiro atoms. The molecular weight excluding hydrogens is 216 g/mol. The third kappa shape index (κ3) is 4.07. The quantitative estimate of drug-likeness (QED) is 0.816. The Labute approximate surface area is 102 Å². The standard InChI is InChI=1S/C13H20N2O2/c1-4-17-12-7-5-6-11(8-12)10(3)15-13(16)9(2)14/h5-10H,4,14H2,1-3H3,(H,15,16)/t9-,10-/m0/s1. The van der Waals surface area contributed by atoms with Crippen molar-refractivity contribution in [3.05, 3.63) is 29.8 Å². The maximum Gasteiger partial charge on any atom is 0.237 e. The van der Waals surface area contributed by atoms with E-state index in [1.165, 1.54) is 0 Å². The van der Waals surface area contributed by atoms with Crippen molar-refractivity contribution in [2.24, 2.45) is 5.73 Å². The van der Waals surface area contributed by atoms with Crippen molar-refractivity contribution in [2.45, 2.75) is 32.9 Å². The minimum absolute atomic E-state index is 0.0751. The first-order valence-electron chi connectivity index (χ1n) is 5.83. The second-order valence-corrected chi connectivity index (χ2v) is 4.02. The summed E-state index contributed by atoms with van der Waals surface area (Å²) in [6.45, 7) is 6.15. The summed E-state index contributed by atoms with van der Waals surface area (Å²) in [6, 6.07) is 7.12. The van der Waals surface area contributed by atoms with Crippen molar-refractivity contribution in [1.29, 1.82) is 0 Å². The smallest absolute Gasteiger partial charge is 0.237 e. The maximum absolute atomic E-state index is 11.5. The van der Waals surface area contributed by atoms with Gasteiger partial charge in [0.25, 0.3) is 0 Å². The highest BCUT2D eigenvalue weighted by Gasteiger charge is 2.12. The van der Waals surface area contributed by atoms with Crippen LogP contribution in [0.3, 0.4) is 0 Å². The van der Waals surface area contributed by atoms with E-state index in [1.54, 1.807) is 6.92 Å². The lowest BCUT2D eigenvalue weighted by Crippen LogP contribution is -2.39. The van der Waals surface area contributed by atoms with Crippen LogP contribution in [-0.2, 0) is 4.79 Å². The summed E-state index contributed by atoms with van der Waals surface area (Å²) in [7, 11) is 0. The number of carbonyl (C=O) groups excluding carboxylic acids is 1. The van der Waals surface area contributed by atoms with E-state index in [1.807, 2.05) is 38.1 Å². The fourth-order valence-electron chi connectivity index (χ4n) is 1.47. The zero-order chi connectivity index (χ0) is 12.8. The lowest BCUT2D eigenvalue weighted by Gasteiger charge is -2.16. The van der Waals surface area contributed by atoms with Gasteiger partial charge < -0.3 is 15.8 Å². The highest BCUT2D eigenvalue weighted by Crippen LogP contribution is 2.19. The Bertz CT molecular complexity index is 377. The van der Waals surface area contributed by atoms with Gasteiger partial charge in [-0.15, -0.1) is 0 Å². The molecule has 0 fully saturated rings. The number of carbonyl (C=O) groups is 1. The molecule has 94 valence electrons. The number of benzene rings is 1. The number of rotatable bonds is 5. The third-order valence-electron chi connectivity index (χ3n) is 2.44. The summed E-state index contributed by atoms with van der Waals surface area (Å²) in [5, 5.41) is 2.85. The lowest BCUT2D eigenvalue weighted by atomic mass is 10.1. The van der Waals surface area contributed by atoms with Gasteiger partial charge >= 0.3 is 0 Å². The Morgan fingerprint density at radius 2 is 2.18 bits per heavy atom. The van der Waals surface area contributed by atoms with Gasteiger partial charge in [0.15, 0.2) is 0 Å². The van der Waals surface area contributed by atoms with Gasteiger partial charge in [0, 0.05) is 0 Å². The molecule has 0 bridgehead atoms. The number of nitrogens with two attached hydrogens (primary N) is 1. The van der Waals surface area contributed by atoms with Crippen LogP contribution in [0.2, 0.25) is 0 Å². The molecule has 4 heteroatoms. The molecule has 17 heavy (non-hydrogen) atoms. The number of hydrogen-bond acceptors (Lipinski definition) is 3. The molecule has 1 aromatic carbocycles. The molecule has 1 amide bonds.